The fourth-order valence-electron chi connectivity index (χ4n) is 2.73. The minimum absolute atomic E-state index is 0.111. The Kier molecular flexibility index (Phi) is 5.86. The quantitative estimate of drug-likeness (QED) is 0.847. The van der Waals surface area contributed by atoms with E-state index in [-0.39, 0.29) is 11.5 Å². The van der Waals surface area contributed by atoms with E-state index in [1.54, 1.807) is 4.90 Å². The number of aromatic nitrogens is 1. The zero-order valence-corrected chi connectivity index (χ0v) is 14.8. The van der Waals surface area contributed by atoms with Crippen molar-refractivity contribution in [3.63, 3.8) is 0 Å². The molecule has 0 atom stereocenters. The monoisotopic (exact) mass is 327 g/mol. The number of hydrogen-bond donors (Lipinski definition) is 1. The van der Waals surface area contributed by atoms with E-state index in [1.807, 2.05) is 38.2 Å². The molecule has 1 saturated heterocycles. The highest BCUT2D eigenvalue weighted by Crippen LogP contribution is 2.34. The van der Waals surface area contributed by atoms with E-state index in [2.05, 4.69) is 36.0 Å². The van der Waals surface area contributed by atoms with Crippen molar-refractivity contribution >= 4 is 11.9 Å². The Hall–Kier alpha value is -2.48. The molecule has 1 amide bonds. The summed E-state index contributed by atoms with van der Waals surface area (Å²) in [5.74, 6) is 6.99. The number of piperidine rings is 1. The molecule has 1 N–H and O–H groups in total. The van der Waals surface area contributed by atoms with Crippen molar-refractivity contribution in [1.29, 1.82) is 0 Å². The van der Waals surface area contributed by atoms with Gasteiger partial charge in [0.05, 0.1) is 6.61 Å². The van der Waals surface area contributed by atoms with Gasteiger partial charge in [0.1, 0.15) is 11.5 Å². The van der Waals surface area contributed by atoms with Gasteiger partial charge in [0.15, 0.2) is 0 Å². The second kappa shape index (κ2) is 7.87. The van der Waals surface area contributed by atoms with Crippen molar-refractivity contribution in [3.8, 4) is 11.8 Å². The normalized spacial score (nSPS) is 17.8. The third-order valence-corrected chi connectivity index (χ3v) is 4.08. The largest absolute Gasteiger partial charge is 0.450 e. The fraction of sp³-hybridized carbons (Fsp3) is 0.474. The van der Waals surface area contributed by atoms with E-state index in [1.165, 1.54) is 5.57 Å². The van der Waals surface area contributed by atoms with Crippen LogP contribution in [0.15, 0.2) is 29.8 Å². The van der Waals surface area contributed by atoms with Crippen LogP contribution in [0.1, 0.15) is 32.9 Å². The van der Waals surface area contributed by atoms with Crippen molar-refractivity contribution in [2.24, 2.45) is 5.41 Å². The van der Waals surface area contributed by atoms with E-state index >= 15 is 0 Å². The molecule has 2 heterocycles. The minimum atomic E-state index is -0.233. The fourth-order valence-corrected chi connectivity index (χ4v) is 2.73. The van der Waals surface area contributed by atoms with Gasteiger partial charge in [0, 0.05) is 25.6 Å². The summed E-state index contributed by atoms with van der Waals surface area (Å²) < 4.78 is 5.10. The third-order valence-electron chi connectivity index (χ3n) is 4.08. The van der Waals surface area contributed by atoms with Gasteiger partial charge >= 0.3 is 6.09 Å². The van der Waals surface area contributed by atoms with Gasteiger partial charge in [-0.15, -0.1) is 0 Å². The maximum absolute atomic E-state index is 11.9. The van der Waals surface area contributed by atoms with E-state index in [9.17, 15) is 4.79 Å². The number of ether oxygens (including phenoxy) is 1. The number of nitrogens with zero attached hydrogens (tertiary/aromatic N) is 2. The number of hydrogen-bond acceptors (Lipinski definition) is 4. The Morgan fingerprint density at radius 2 is 2.29 bits per heavy atom. The number of carbonyl (C=O) groups excluding carboxylic acids is 1. The Morgan fingerprint density at radius 3 is 2.96 bits per heavy atom. The molecule has 0 aliphatic carbocycles. The number of pyridine rings is 1. The number of nitrogens with one attached hydrogen (secondary N) is 1. The summed E-state index contributed by atoms with van der Waals surface area (Å²) >= 11 is 0. The van der Waals surface area contributed by atoms with Crippen LogP contribution in [0.5, 0.6) is 0 Å². The van der Waals surface area contributed by atoms with E-state index in [0.717, 1.165) is 17.9 Å². The lowest BCUT2D eigenvalue weighted by atomic mass is 9.79. The van der Waals surface area contributed by atoms with Gasteiger partial charge in [-0.3, -0.25) is 0 Å². The molecule has 2 rings (SSSR count). The Bertz CT molecular complexity index is 683. The Morgan fingerprint density at radius 1 is 1.50 bits per heavy atom. The summed E-state index contributed by atoms with van der Waals surface area (Å²) in [6.07, 6.45) is 2.55. The molecule has 128 valence electrons. The van der Waals surface area contributed by atoms with Crippen molar-refractivity contribution in [2.75, 3.05) is 32.1 Å². The minimum Gasteiger partial charge on any atom is -0.450 e. The molecule has 1 fully saturated rings. The highest BCUT2D eigenvalue weighted by molar-refractivity contribution is 5.68. The number of carbonyl (C=O) groups is 1. The van der Waals surface area contributed by atoms with E-state index < -0.39 is 0 Å². The van der Waals surface area contributed by atoms with Crippen LogP contribution in [-0.2, 0) is 4.74 Å². The molecule has 5 nitrogen and oxygen atoms in total. The summed E-state index contributed by atoms with van der Waals surface area (Å²) in [5, 5.41) is 3.00. The number of likely N-dealkylation sites (tertiary alicyclic amines) is 1. The maximum atomic E-state index is 11.9. The molecule has 1 aromatic heterocycles. The number of allylic oxidation sites excluding steroid dienone is 1. The lowest BCUT2D eigenvalue weighted by molar-refractivity contribution is 0.0862. The van der Waals surface area contributed by atoms with Crippen LogP contribution in [0.2, 0.25) is 0 Å². The van der Waals surface area contributed by atoms with Crippen LogP contribution in [0, 0.1) is 17.3 Å². The van der Waals surface area contributed by atoms with Gasteiger partial charge in [-0.25, -0.2) is 9.78 Å². The zero-order valence-electron chi connectivity index (χ0n) is 14.8. The van der Waals surface area contributed by atoms with E-state index in [0.29, 0.717) is 19.7 Å². The van der Waals surface area contributed by atoms with Crippen molar-refractivity contribution < 1.29 is 9.53 Å². The molecule has 0 unspecified atom stereocenters. The zero-order chi connectivity index (χ0) is 17.6. The number of amides is 1. The molecule has 1 aliphatic rings. The van der Waals surface area contributed by atoms with Crippen LogP contribution < -0.4 is 5.32 Å². The molecule has 0 bridgehead atoms. The smallest absolute Gasteiger partial charge is 0.409 e. The first kappa shape index (κ1) is 17.9. The molecule has 1 aromatic rings. The Labute approximate surface area is 144 Å². The topological polar surface area (TPSA) is 54.5 Å². The van der Waals surface area contributed by atoms with Gasteiger partial charge in [0.25, 0.3) is 0 Å². The first-order chi connectivity index (χ1) is 11.5. The van der Waals surface area contributed by atoms with Gasteiger partial charge in [-0.2, -0.15) is 0 Å². The summed E-state index contributed by atoms with van der Waals surface area (Å²) in [6.45, 7) is 7.81. The molecule has 5 heteroatoms. The predicted octanol–water partition coefficient (Wildman–Crippen LogP) is 3.29. The van der Waals surface area contributed by atoms with Crippen LogP contribution in [0.25, 0.3) is 0 Å². The summed E-state index contributed by atoms with van der Waals surface area (Å²) in [4.78, 5) is 18.0. The third kappa shape index (κ3) is 4.51. The molecule has 24 heavy (non-hydrogen) atoms. The summed E-state index contributed by atoms with van der Waals surface area (Å²) in [6, 6.07) is 5.72. The average Bonchev–Trinajstić information content (AvgIpc) is 2.56. The molecular weight excluding hydrogens is 302 g/mol. The molecule has 0 spiro atoms. The van der Waals surface area contributed by atoms with Gasteiger partial charge in [0.2, 0.25) is 0 Å². The SMILES string of the molecule is CCOC(=O)N1CC/C(=C\C#Cc2cccc(NC)n2)C(C)(C)C1. The van der Waals surface area contributed by atoms with Gasteiger partial charge in [-0.1, -0.05) is 31.4 Å². The Balaban J connectivity index is 2.08. The van der Waals surface area contributed by atoms with Crippen LogP contribution in [0.4, 0.5) is 10.6 Å². The van der Waals surface area contributed by atoms with Gasteiger partial charge < -0.3 is 15.0 Å². The second-order valence-electron chi connectivity index (χ2n) is 6.35. The molecule has 1 aliphatic heterocycles. The van der Waals surface area contributed by atoms with Crippen LogP contribution >= 0.6 is 0 Å². The van der Waals surface area contributed by atoms with Crippen LogP contribution in [-0.4, -0.2) is 42.7 Å². The van der Waals surface area contributed by atoms with Crippen LogP contribution in [0.3, 0.4) is 0 Å². The molecule has 0 saturated carbocycles. The number of anilines is 1. The van der Waals surface area contributed by atoms with Gasteiger partial charge in [-0.05, 0) is 37.5 Å². The second-order valence-corrected chi connectivity index (χ2v) is 6.35. The predicted molar refractivity (Wildman–Crippen MR) is 95.7 cm³/mol. The molecule has 0 radical (unpaired) electrons. The lowest BCUT2D eigenvalue weighted by Gasteiger charge is -2.39. The highest BCUT2D eigenvalue weighted by atomic mass is 16.6. The lowest BCUT2D eigenvalue weighted by Crippen LogP contribution is -2.45. The van der Waals surface area contributed by atoms with Crippen molar-refractivity contribution in [1.82, 2.24) is 9.88 Å². The van der Waals surface area contributed by atoms with E-state index in [4.69, 9.17) is 4.74 Å². The summed E-state index contributed by atoms with van der Waals surface area (Å²) in [5.41, 5.74) is 1.88. The standard InChI is InChI=1S/C19H25N3O2/c1-5-24-18(23)22-13-12-15(19(2,3)14-22)8-6-9-16-10-7-11-17(20-4)21-16/h7-8,10-11H,5,12-14H2,1-4H3,(H,20,21)/b15-8+. The average molecular weight is 327 g/mol. The first-order valence-corrected chi connectivity index (χ1v) is 8.24. The molecular formula is C19H25N3O2. The van der Waals surface area contributed by atoms with Crippen molar-refractivity contribution in [3.05, 3.63) is 35.5 Å². The number of rotatable bonds is 2. The van der Waals surface area contributed by atoms with Crippen molar-refractivity contribution in [2.45, 2.75) is 27.2 Å². The molecule has 0 aromatic carbocycles. The maximum Gasteiger partial charge on any atom is 0.409 e. The highest BCUT2D eigenvalue weighted by Gasteiger charge is 2.33. The summed E-state index contributed by atoms with van der Waals surface area (Å²) in [7, 11) is 1.83. The first-order valence-electron chi connectivity index (χ1n) is 8.24.